The maximum atomic E-state index is 13.3. The minimum absolute atomic E-state index is 0.109. The first kappa shape index (κ1) is 25.9. The Morgan fingerprint density at radius 3 is 2.50 bits per heavy atom. The van der Waals surface area contributed by atoms with Gasteiger partial charge in [-0.25, -0.2) is 0 Å². The molecule has 0 unspecified atom stereocenters. The number of benzene rings is 2. The van der Waals surface area contributed by atoms with Gasteiger partial charge in [-0.3, -0.25) is 9.59 Å². The molecule has 2 aromatic carbocycles. The van der Waals surface area contributed by atoms with E-state index in [1.807, 2.05) is 48.5 Å². The number of unbranched alkanes of at least 4 members (excludes halogenated alkanes) is 1. The summed E-state index contributed by atoms with van der Waals surface area (Å²) in [5.74, 6) is 0.305. The van der Waals surface area contributed by atoms with Crippen molar-refractivity contribution in [3.05, 3.63) is 64.1 Å². The fourth-order valence-electron chi connectivity index (χ4n) is 3.39. The van der Waals surface area contributed by atoms with Crippen molar-refractivity contribution in [3.63, 3.8) is 0 Å². The summed E-state index contributed by atoms with van der Waals surface area (Å²) < 4.78 is 6.89. The van der Waals surface area contributed by atoms with Gasteiger partial charge in [-0.1, -0.05) is 80.4 Å². The van der Waals surface area contributed by atoms with Crippen molar-refractivity contribution >= 4 is 27.7 Å². The molecule has 0 saturated carbocycles. The Kier molecular flexibility index (Phi) is 9.76. The van der Waals surface area contributed by atoms with Gasteiger partial charge < -0.3 is 15.0 Å². The third-order valence-electron chi connectivity index (χ3n) is 5.29. The van der Waals surface area contributed by atoms with Crippen molar-refractivity contribution in [1.29, 1.82) is 0 Å². The van der Waals surface area contributed by atoms with Gasteiger partial charge in [0.1, 0.15) is 11.8 Å². The average molecular weight is 503 g/mol. The van der Waals surface area contributed by atoms with Gasteiger partial charge in [-0.15, -0.1) is 0 Å². The first-order valence-electron chi connectivity index (χ1n) is 11.2. The number of para-hydroxylation sites is 1. The van der Waals surface area contributed by atoms with E-state index in [0.717, 1.165) is 28.4 Å². The summed E-state index contributed by atoms with van der Waals surface area (Å²) in [5, 5.41) is 2.94. The van der Waals surface area contributed by atoms with Crippen molar-refractivity contribution in [2.75, 3.05) is 13.2 Å². The van der Waals surface area contributed by atoms with Gasteiger partial charge in [0.05, 0.1) is 0 Å². The molecule has 174 valence electrons. The number of carbonyl (C=O) groups excluding carboxylic acids is 2. The predicted molar refractivity (Wildman–Crippen MR) is 133 cm³/mol. The minimum Gasteiger partial charge on any atom is -0.483 e. The number of carbonyl (C=O) groups is 2. The lowest BCUT2D eigenvalue weighted by Gasteiger charge is -2.29. The summed E-state index contributed by atoms with van der Waals surface area (Å²) in [6, 6.07) is 14.9. The van der Waals surface area contributed by atoms with Crippen LogP contribution in [0.1, 0.15) is 58.6 Å². The number of nitrogens with one attached hydrogen (secondary N) is 1. The molecule has 0 fully saturated rings. The topological polar surface area (TPSA) is 58.6 Å². The fraction of sp³-hybridized carbons (Fsp3) is 0.462. The Hall–Kier alpha value is -2.34. The number of hydrogen-bond donors (Lipinski definition) is 1. The lowest BCUT2D eigenvalue weighted by atomic mass is 9.86. The summed E-state index contributed by atoms with van der Waals surface area (Å²) in [5.41, 5.74) is 1.87. The van der Waals surface area contributed by atoms with Gasteiger partial charge in [-0.2, -0.15) is 0 Å². The summed E-state index contributed by atoms with van der Waals surface area (Å²) in [4.78, 5) is 27.6. The van der Waals surface area contributed by atoms with Crippen LogP contribution in [-0.2, 0) is 21.5 Å². The molecule has 0 aliphatic rings. The SMILES string of the molecule is CCCCNC(=O)[C@H](C)N(Cc1cccc(Br)c1)C(=O)COc1ccccc1C(C)(C)C. The maximum Gasteiger partial charge on any atom is 0.261 e. The second-order valence-corrected chi connectivity index (χ2v) is 9.92. The molecular formula is C26H35BrN2O3. The van der Waals surface area contributed by atoms with Crippen LogP contribution in [0, 0.1) is 0 Å². The molecule has 0 heterocycles. The molecule has 2 aromatic rings. The Morgan fingerprint density at radius 2 is 1.84 bits per heavy atom. The summed E-state index contributed by atoms with van der Waals surface area (Å²) in [6.07, 6.45) is 1.90. The van der Waals surface area contributed by atoms with E-state index in [1.165, 1.54) is 0 Å². The minimum atomic E-state index is -0.611. The third kappa shape index (κ3) is 7.66. The van der Waals surface area contributed by atoms with Crippen LogP contribution in [0.2, 0.25) is 0 Å². The molecule has 2 rings (SSSR count). The van der Waals surface area contributed by atoms with Crippen LogP contribution in [0.15, 0.2) is 53.0 Å². The number of halogens is 1. The van der Waals surface area contributed by atoms with Gasteiger partial charge in [-0.05, 0) is 48.1 Å². The second kappa shape index (κ2) is 12.0. The van der Waals surface area contributed by atoms with Crippen molar-refractivity contribution in [2.24, 2.45) is 0 Å². The molecule has 0 aliphatic carbocycles. The van der Waals surface area contributed by atoms with Crippen LogP contribution in [0.5, 0.6) is 5.75 Å². The number of amides is 2. The van der Waals surface area contributed by atoms with E-state index in [2.05, 4.69) is 48.9 Å². The molecule has 0 aliphatic heterocycles. The molecule has 6 heteroatoms. The predicted octanol–water partition coefficient (Wildman–Crippen LogP) is 5.46. The first-order valence-corrected chi connectivity index (χ1v) is 12.0. The van der Waals surface area contributed by atoms with Crippen LogP contribution in [-0.4, -0.2) is 35.9 Å². The van der Waals surface area contributed by atoms with Crippen LogP contribution < -0.4 is 10.1 Å². The Morgan fingerprint density at radius 1 is 1.12 bits per heavy atom. The van der Waals surface area contributed by atoms with E-state index in [9.17, 15) is 9.59 Å². The van der Waals surface area contributed by atoms with Gasteiger partial charge in [0.15, 0.2) is 6.61 Å². The summed E-state index contributed by atoms with van der Waals surface area (Å²) >= 11 is 3.48. The normalized spacial score (nSPS) is 12.2. The van der Waals surface area contributed by atoms with Crippen LogP contribution in [0.3, 0.4) is 0 Å². The smallest absolute Gasteiger partial charge is 0.261 e. The highest BCUT2D eigenvalue weighted by Crippen LogP contribution is 2.31. The number of hydrogen-bond acceptors (Lipinski definition) is 3. The standard InChI is InChI=1S/C26H35BrN2O3/c1-6-7-15-28-25(31)19(2)29(17-20-11-10-12-21(27)16-20)24(30)18-32-23-14-9-8-13-22(23)26(3,4)5/h8-14,16,19H,6-7,15,17-18H2,1-5H3,(H,28,31)/t19-/m0/s1. The molecule has 1 N–H and O–H groups in total. The van der Waals surface area contributed by atoms with Crippen molar-refractivity contribution in [2.45, 2.75) is 65.5 Å². The highest BCUT2D eigenvalue weighted by Gasteiger charge is 2.27. The Balaban J connectivity index is 2.19. The zero-order valence-electron chi connectivity index (χ0n) is 19.8. The fourth-order valence-corrected chi connectivity index (χ4v) is 3.83. The second-order valence-electron chi connectivity index (χ2n) is 9.01. The molecule has 0 radical (unpaired) electrons. The quantitative estimate of drug-likeness (QED) is 0.438. The Labute approximate surface area is 200 Å². The molecule has 0 saturated heterocycles. The summed E-state index contributed by atoms with van der Waals surface area (Å²) in [7, 11) is 0. The van der Waals surface area contributed by atoms with Gasteiger partial charge in [0, 0.05) is 17.6 Å². The van der Waals surface area contributed by atoms with Gasteiger partial charge in [0.2, 0.25) is 5.91 Å². The monoisotopic (exact) mass is 502 g/mol. The number of ether oxygens (including phenoxy) is 1. The Bertz CT molecular complexity index is 908. The summed E-state index contributed by atoms with van der Waals surface area (Å²) in [6.45, 7) is 11.0. The average Bonchev–Trinajstić information content (AvgIpc) is 2.75. The highest BCUT2D eigenvalue weighted by molar-refractivity contribution is 9.10. The highest BCUT2D eigenvalue weighted by atomic mass is 79.9. The molecule has 5 nitrogen and oxygen atoms in total. The number of nitrogens with zero attached hydrogens (tertiary/aromatic N) is 1. The molecule has 0 aromatic heterocycles. The van der Waals surface area contributed by atoms with Gasteiger partial charge in [0.25, 0.3) is 5.91 Å². The molecule has 32 heavy (non-hydrogen) atoms. The molecule has 2 amide bonds. The van der Waals surface area contributed by atoms with E-state index < -0.39 is 6.04 Å². The van der Waals surface area contributed by atoms with E-state index in [-0.39, 0.29) is 23.8 Å². The lowest BCUT2D eigenvalue weighted by molar-refractivity contribution is -0.142. The first-order chi connectivity index (χ1) is 15.1. The van der Waals surface area contributed by atoms with E-state index >= 15 is 0 Å². The van der Waals surface area contributed by atoms with E-state index in [0.29, 0.717) is 18.8 Å². The zero-order chi connectivity index (χ0) is 23.7. The van der Waals surface area contributed by atoms with E-state index in [4.69, 9.17) is 4.74 Å². The largest absolute Gasteiger partial charge is 0.483 e. The third-order valence-corrected chi connectivity index (χ3v) is 5.78. The van der Waals surface area contributed by atoms with Crippen LogP contribution in [0.25, 0.3) is 0 Å². The van der Waals surface area contributed by atoms with E-state index in [1.54, 1.807) is 11.8 Å². The zero-order valence-corrected chi connectivity index (χ0v) is 21.4. The van der Waals surface area contributed by atoms with Crippen molar-refractivity contribution in [1.82, 2.24) is 10.2 Å². The molecular weight excluding hydrogens is 468 g/mol. The van der Waals surface area contributed by atoms with Crippen LogP contribution >= 0.6 is 15.9 Å². The molecule has 0 bridgehead atoms. The number of rotatable bonds is 10. The van der Waals surface area contributed by atoms with Crippen molar-refractivity contribution in [3.8, 4) is 5.75 Å². The maximum absolute atomic E-state index is 13.3. The molecule has 1 atom stereocenters. The lowest BCUT2D eigenvalue weighted by Crippen LogP contribution is -2.49. The van der Waals surface area contributed by atoms with Gasteiger partial charge >= 0.3 is 0 Å². The van der Waals surface area contributed by atoms with Crippen LogP contribution in [0.4, 0.5) is 0 Å². The molecule has 0 spiro atoms. The van der Waals surface area contributed by atoms with Crippen molar-refractivity contribution < 1.29 is 14.3 Å².